The van der Waals surface area contributed by atoms with Crippen molar-refractivity contribution >= 4 is 5.84 Å². The Morgan fingerprint density at radius 2 is 1.83 bits per heavy atom. The van der Waals surface area contributed by atoms with Gasteiger partial charge in [0.05, 0.1) is 6.04 Å². The lowest BCUT2D eigenvalue weighted by atomic mass is 10.0. The highest BCUT2D eigenvalue weighted by atomic mass is 14.9. The summed E-state index contributed by atoms with van der Waals surface area (Å²) >= 11 is 0. The van der Waals surface area contributed by atoms with Gasteiger partial charge in [-0.15, -0.1) is 0 Å². The quantitative estimate of drug-likeness (QED) is 0.634. The second-order valence-corrected chi connectivity index (χ2v) is 5.27. The molecule has 0 bridgehead atoms. The summed E-state index contributed by atoms with van der Waals surface area (Å²) in [6, 6.07) is 8.83. The van der Waals surface area contributed by atoms with Gasteiger partial charge in [0.15, 0.2) is 0 Å². The third kappa shape index (κ3) is 3.33. The monoisotopic (exact) mass is 245 g/mol. The molecule has 0 radical (unpaired) electrons. The van der Waals surface area contributed by atoms with Crippen molar-refractivity contribution in [3.8, 4) is 0 Å². The number of nitrogens with two attached hydrogens (primary N) is 1. The van der Waals surface area contributed by atoms with Crippen LogP contribution in [0, 0.1) is 0 Å². The molecule has 0 spiro atoms. The molecule has 1 aliphatic heterocycles. The highest BCUT2D eigenvalue weighted by molar-refractivity contribution is 5.97. The molecule has 1 heterocycles. The van der Waals surface area contributed by atoms with Crippen LogP contribution in [0.1, 0.15) is 43.7 Å². The molecule has 18 heavy (non-hydrogen) atoms. The Kier molecular flexibility index (Phi) is 4.37. The van der Waals surface area contributed by atoms with Gasteiger partial charge in [-0.3, -0.25) is 4.99 Å². The van der Waals surface area contributed by atoms with Crippen LogP contribution in [0.25, 0.3) is 0 Å². The van der Waals surface area contributed by atoms with E-state index in [4.69, 9.17) is 5.73 Å². The molecule has 0 saturated carbocycles. The Labute approximate surface area is 109 Å². The summed E-state index contributed by atoms with van der Waals surface area (Å²) in [6.07, 6.45) is 2.18. The van der Waals surface area contributed by atoms with E-state index in [1.54, 1.807) is 0 Å². The summed E-state index contributed by atoms with van der Waals surface area (Å²) in [4.78, 5) is 4.64. The van der Waals surface area contributed by atoms with Crippen molar-refractivity contribution in [1.29, 1.82) is 0 Å². The molecule has 3 N–H and O–H groups in total. The topological polar surface area (TPSA) is 50.4 Å². The molecule has 1 saturated heterocycles. The highest BCUT2D eigenvalue weighted by Gasteiger charge is 2.12. The molecule has 98 valence electrons. The molecule has 3 heteroatoms. The van der Waals surface area contributed by atoms with Crippen LogP contribution in [-0.4, -0.2) is 25.0 Å². The van der Waals surface area contributed by atoms with Gasteiger partial charge in [0.1, 0.15) is 5.84 Å². The summed E-state index contributed by atoms with van der Waals surface area (Å²) in [5, 5.41) is 3.34. The molecular weight excluding hydrogens is 222 g/mol. The van der Waals surface area contributed by atoms with E-state index in [9.17, 15) is 0 Å². The molecule has 3 nitrogen and oxygen atoms in total. The van der Waals surface area contributed by atoms with E-state index < -0.39 is 0 Å². The first kappa shape index (κ1) is 13.1. The zero-order valence-corrected chi connectivity index (χ0v) is 11.3. The largest absolute Gasteiger partial charge is 0.383 e. The van der Waals surface area contributed by atoms with Crippen molar-refractivity contribution in [2.75, 3.05) is 13.1 Å². The predicted octanol–water partition coefficient (Wildman–Crippen LogP) is 2.27. The van der Waals surface area contributed by atoms with Gasteiger partial charge in [-0.2, -0.15) is 0 Å². The van der Waals surface area contributed by atoms with Crippen molar-refractivity contribution in [2.24, 2.45) is 10.7 Å². The number of aliphatic imine (C=N–C) groups is 1. The first-order valence-corrected chi connectivity index (χ1v) is 6.81. The van der Waals surface area contributed by atoms with Gasteiger partial charge in [0.2, 0.25) is 0 Å². The fourth-order valence-electron chi connectivity index (χ4n) is 2.25. The second kappa shape index (κ2) is 6.01. The smallest absolute Gasteiger partial charge is 0.125 e. The molecule has 0 unspecified atom stereocenters. The summed E-state index contributed by atoms with van der Waals surface area (Å²) in [6.45, 7) is 6.49. The zero-order chi connectivity index (χ0) is 13.0. The van der Waals surface area contributed by atoms with E-state index in [1.165, 1.54) is 5.56 Å². The summed E-state index contributed by atoms with van der Waals surface area (Å²) in [7, 11) is 0. The van der Waals surface area contributed by atoms with E-state index in [0.29, 0.717) is 17.8 Å². The second-order valence-electron chi connectivity index (χ2n) is 5.27. The Morgan fingerprint density at radius 1 is 1.22 bits per heavy atom. The number of benzene rings is 1. The minimum Gasteiger partial charge on any atom is -0.383 e. The van der Waals surface area contributed by atoms with Crippen LogP contribution in [0.4, 0.5) is 0 Å². The maximum atomic E-state index is 6.08. The molecule has 0 atom stereocenters. The molecule has 0 amide bonds. The maximum absolute atomic E-state index is 6.08. The SMILES string of the molecule is CC(C)c1ccc(C(N)=NC2CCNCC2)cc1. The van der Waals surface area contributed by atoms with Crippen molar-refractivity contribution < 1.29 is 0 Å². The van der Waals surface area contributed by atoms with Crippen molar-refractivity contribution in [3.05, 3.63) is 35.4 Å². The van der Waals surface area contributed by atoms with Crippen LogP contribution in [0.3, 0.4) is 0 Å². The van der Waals surface area contributed by atoms with Crippen LogP contribution >= 0.6 is 0 Å². The first-order valence-electron chi connectivity index (χ1n) is 6.81. The highest BCUT2D eigenvalue weighted by Crippen LogP contribution is 2.15. The molecule has 2 rings (SSSR count). The van der Waals surface area contributed by atoms with Crippen molar-refractivity contribution in [1.82, 2.24) is 5.32 Å². The Balaban J connectivity index is 2.07. The molecule has 1 aromatic rings. The van der Waals surface area contributed by atoms with E-state index in [-0.39, 0.29) is 0 Å². The Bertz CT molecular complexity index is 400. The number of piperidine rings is 1. The molecule has 1 aliphatic rings. The van der Waals surface area contributed by atoms with E-state index >= 15 is 0 Å². The molecular formula is C15H23N3. The van der Waals surface area contributed by atoms with Gasteiger partial charge < -0.3 is 11.1 Å². The van der Waals surface area contributed by atoms with Gasteiger partial charge in [-0.05, 0) is 37.4 Å². The lowest BCUT2D eigenvalue weighted by molar-refractivity contribution is 0.459. The number of nitrogens with one attached hydrogen (secondary N) is 1. The van der Waals surface area contributed by atoms with Crippen molar-refractivity contribution in [2.45, 2.75) is 38.6 Å². The van der Waals surface area contributed by atoms with Crippen LogP contribution in [0.15, 0.2) is 29.3 Å². The van der Waals surface area contributed by atoms with Gasteiger partial charge >= 0.3 is 0 Å². The average Bonchev–Trinajstić information content (AvgIpc) is 2.40. The lowest BCUT2D eigenvalue weighted by Gasteiger charge is -2.19. The fraction of sp³-hybridized carbons (Fsp3) is 0.533. The number of rotatable bonds is 3. The minimum absolute atomic E-state index is 0.385. The Morgan fingerprint density at radius 3 is 2.39 bits per heavy atom. The van der Waals surface area contributed by atoms with Gasteiger partial charge in [-0.25, -0.2) is 0 Å². The number of amidine groups is 1. The van der Waals surface area contributed by atoms with Crippen LogP contribution in [0.5, 0.6) is 0 Å². The van der Waals surface area contributed by atoms with Gasteiger partial charge in [-0.1, -0.05) is 38.1 Å². The molecule has 1 aromatic carbocycles. The first-order chi connectivity index (χ1) is 8.66. The molecule has 0 aliphatic carbocycles. The van der Waals surface area contributed by atoms with E-state index in [0.717, 1.165) is 31.5 Å². The zero-order valence-electron chi connectivity index (χ0n) is 11.3. The van der Waals surface area contributed by atoms with Crippen LogP contribution in [-0.2, 0) is 0 Å². The maximum Gasteiger partial charge on any atom is 0.125 e. The Hall–Kier alpha value is -1.35. The third-order valence-corrected chi connectivity index (χ3v) is 3.50. The summed E-state index contributed by atoms with van der Waals surface area (Å²) in [5.74, 6) is 1.24. The third-order valence-electron chi connectivity index (χ3n) is 3.50. The minimum atomic E-state index is 0.385. The van der Waals surface area contributed by atoms with Gasteiger partial charge in [0.25, 0.3) is 0 Å². The number of hydrogen-bond donors (Lipinski definition) is 2. The van der Waals surface area contributed by atoms with E-state index in [2.05, 4.69) is 48.4 Å². The fourth-order valence-corrected chi connectivity index (χ4v) is 2.25. The predicted molar refractivity (Wildman–Crippen MR) is 77.1 cm³/mol. The normalized spacial score (nSPS) is 18.3. The number of hydrogen-bond acceptors (Lipinski definition) is 2. The van der Waals surface area contributed by atoms with Crippen LogP contribution < -0.4 is 11.1 Å². The number of nitrogens with zero attached hydrogens (tertiary/aromatic N) is 1. The molecule has 0 aromatic heterocycles. The standard InChI is InChI=1S/C15H23N3/c1-11(2)12-3-5-13(6-4-12)15(16)18-14-7-9-17-10-8-14/h3-6,11,14,17H,7-10H2,1-2H3,(H2,16,18). The van der Waals surface area contributed by atoms with Crippen molar-refractivity contribution in [3.63, 3.8) is 0 Å². The van der Waals surface area contributed by atoms with Crippen LogP contribution in [0.2, 0.25) is 0 Å². The summed E-state index contributed by atoms with van der Waals surface area (Å²) < 4.78 is 0. The summed E-state index contributed by atoms with van der Waals surface area (Å²) in [5.41, 5.74) is 8.46. The lowest BCUT2D eigenvalue weighted by Crippen LogP contribution is -2.31. The average molecular weight is 245 g/mol. The van der Waals surface area contributed by atoms with E-state index in [1.807, 2.05) is 0 Å². The van der Waals surface area contributed by atoms with Gasteiger partial charge in [0, 0.05) is 5.56 Å². The molecule has 1 fully saturated rings.